The Morgan fingerprint density at radius 3 is 2.67 bits per heavy atom. The van der Waals surface area contributed by atoms with Crippen LogP contribution < -0.4 is 5.32 Å². The Labute approximate surface area is 122 Å². The number of carboxylic acid groups (broad SMARTS) is 1. The minimum atomic E-state index is -0.905. The van der Waals surface area contributed by atoms with Gasteiger partial charge in [-0.1, -0.05) is 25.1 Å². The van der Waals surface area contributed by atoms with Crippen molar-refractivity contribution in [2.75, 3.05) is 6.54 Å². The highest BCUT2D eigenvalue weighted by Crippen LogP contribution is 2.08. The first kappa shape index (κ1) is 14.8. The maximum absolute atomic E-state index is 12.0. The number of benzene rings is 1. The van der Waals surface area contributed by atoms with Gasteiger partial charge in [0.25, 0.3) is 5.91 Å². The molecule has 0 spiro atoms. The highest BCUT2D eigenvalue weighted by Gasteiger charge is 2.17. The Morgan fingerprint density at radius 1 is 1.33 bits per heavy atom. The third-order valence-corrected chi connectivity index (χ3v) is 3.22. The molecule has 21 heavy (non-hydrogen) atoms. The first-order valence-electron chi connectivity index (χ1n) is 6.73. The van der Waals surface area contributed by atoms with E-state index < -0.39 is 11.9 Å². The monoisotopic (exact) mass is 287 g/mol. The van der Waals surface area contributed by atoms with Crippen molar-refractivity contribution in [3.8, 4) is 5.69 Å². The summed E-state index contributed by atoms with van der Waals surface area (Å²) < 4.78 is 1.60. The van der Waals surface area contributed by atoms with Gasteiger partial charge in [0.15, 0.2) is 0 Å². The van der Waals surface area contributed by atoms with Gasteiger partial charge in [0.1, 0.15) is 0 Å². The molecule has 1 heterocycles. The van der Waals surface area contributed by atoms with E-state index in [1.165, 1.54) is 6.20 Å². The lowest BCUT2D eigenvalue weighted by Crippen LogP contribution is -2.32. The average Bonchev–Trinajstić information content (AvgIpc) is 2.98. The first-order chi connectivity index (χ1) is 10.1. The molecule has 0 saturated heterocycles. The van der Waals surface area contributed by atoms with Crippen LogP contribution in [0.4, 0.5) is 0 Å². The summed E-state index contributed by atoms with van der Waals surface area (Å²) in [5, 5.41) is 15.7. The largest absolute Gasteiger partial charge is 0.481 e. The fourth-order valence-electron chi connectivity index (χ4n) is 1.89. The number of carboxylic acids is 1. The number of aliphatic carboxylic acids is 1. The molecular formula is C15H17N3O3. The Morgan fingerprint density at radius 2 is 2.05 bits per heavy atom. The molecule has 1 unspecified atom stereocenters. The first-order valence-corrected chi connectivity index (χ1v) is 6.73. The number of hydrogen-bond donors (Lipinski definition) is 2. The highest BCUT2D eigenvalue weighted by atomic mass is 16.4. The highest BCUT2D eigenvalue weighted by molar-refractivity contribution is 5.94. The number of para-hydroxylation sites is 1. The summed E-state index contributed by atoms with van der Waals surface area (Å²) in [5.74, 6) is -1.80. The lowest BCUT2D eigenvalue weighted by atomic mass is 10.1. The maximum atomic E-state index is 12.0. The summed E-state index contributed by atoms with van der Waals surface area (Å²) in [6.45, 7) is 1.89. The van der Waals surface area contributed by atoms with E-state index in [0.29, 0.717) is 12.0 Å². The Bertz CT molecular complexity index is 622. The van der Waals surface area contributed by atoms with Gasteiger partial charge >= 0.3 is 5.97 Å². The Balaban J connectivity index is 2.01. The standard InChI is InChI=1S/C15H17N3O3/c1-2-11(15(20)21)8-16-14(19)12-9-17-18(10-12)13-6-4-3-5-7-13/h3-7,9-11H,2,8H2,1H3,(H,16,19)(H,20,21). The molecule has 1 atom stereocenters. The number of aromatic nitrogens is 2. The molecule has 0 fully saturated rings. The van der Waals surface area contributed by atoms with Crippen molar-refractivity contribution in [1.29, 1.82) is 0 Å². The molecule has 2 aromatic rings. The molecule has 0 aliphatic rings. The molecule has 0 aliphatic heterocycles. The number of rotatable bonds is 6. The molecular weight excluding hydrogens is 270 g/mol. The Kier molecular flexibility index (Phi) is 4.71. The van der Waals surface area contributed by atoms with Gasteiger partial charge in [-0.25, -0.2) is 4.68 Å². The van der Waals surface area contributed by atoms with Crippen molar-refractivity contribution in [3.05, 3.63) is 48.3 Å². The van der Waals surface area contributed by atoms with Crippen LogP contribution in [-0.4, -0.2) is 33.3 Å². The zero-order chi connectivity index (χ0) is 15.2. The van der Waals surface area contributed by atoms with Crippen molar-refractivity contribution in [2.45, 2.75) is 13.3 Å². The van der Waals surface area contributed by atoms with Crippen molar-refractivity contribution < 1.29 is 14.7 Å². The maximum Gasteiger partial charge on any atom is 0.308 e. The van der Waals surface area contributed by atoms with Crippen LogP contribution in [0.15, 0.2) is 42.7 Å². The van der Waals surface area contributed by atoms with Crippen molar-refractivity contribution >= 4 is 11.9 Å². The molecule has 6 nitrogen and oxygen atoms in total. The van der Waals surface area contributed by atoms with E-state index in [-0.39, 0.29) is 12.5 Å². The van der Waals surface area contributed by atoms with Gasteiger partial charge in [-0.15, -0.1) is 0 Å². The summed E-state index contributed by atoms with van der Waals surface area (Å²) in [6, 6.07) is 9.43. The van der Waals surface area contributed by atoms with E-state index in [1.54, 1.807) is 17.8 Å². The van der Waals surface area contributed by atoms with Gasteiger partial charge < -0.3 is 10.4 Å². The zero-order valence-corrected chi connectivity index (χ0v) is 11.7. The second-order valence-electron chi connectivity index (χ2n) is 4.66. The normalized spacial score (nSPS) is 11.9. The second kappa shape index (κ2) is 6.69. The summed E-state index contributed by atoms with van der Waals surface area (Å²) in [7, 11) is 0. The SMILES string of the molecule is CCC(CNC(=O)c1cnn(-c2ccccc2)c1)C(=O)O. The van der Waals surface area contributed by atoms with Crippen LogP contribution in [0.5, 0.6) is 0 Å². The number of nitrogens with one attached hydrogen (secondary N) is 1. The molecule has 110 valence electrons. The Hall–Kier alpha value is -2.63. The molecule has 0 aliphatic carbocycles. The molecule has 0 saturated carbocycles. The third-order valence-electron chi connectivity index (χ3n) is 3.22. The lowest BCUT2D eigenvalue weighted by Gasteiger charge is -2.10. The van der Waals surface area contributed by atoms with Crippen LogP contribution in [0.1, 0.15) is 23.7 Å². The van der Waals surface area contributed by atoms with Gasteiger partial charge in [0.2, 0.25) is 0 Å². The van der Waals surface area contributed by atoms with Gasteiger partial charge in [-0.3, -0.25) is 9.59 Å². The third kappa shape index (κ3) is 3.68. The van der Waals surface area contributed by atoms with E-state index in [2.05, 4.69) is 10.4 Å². The van der Waals surface area contributed by atoms with Crippen LogP contribution in [0, 0.1) is 5.92 Å². The van der Waals surface area contributed by atoms with E-state index >= 15 is 0 Å². The van der Waals surface area contributed by atoms with E-state index in [9.17, 15) is 9.59 Å². The molecule has 1 aromatic carbocycles. The van der Waals surface area contributed by atoms with Crippen LogP contribution in [0.25, 0.3) is 5.69 Å². The van der Waals surface area contributed by atoms with Crippen molar-refractivity contribution in [2.24, 2.45) is 5.92 Å². The van der Waals surface area contributed by atoms with Gasteiger partial charge in [0, 0.05) is 12.7 Å². The van der Waals surface area contributed by atoms with Crippen LogP contribution in [0.2, 0.25) is 0 Å². The summed E-state index contributed by atoms with van der Waals surface area (Å²) in [6.07, 6.45) is 3.55. The molecule has 6 heteroatoms. The zero-order valence-electron chi connectivity index (χ0n) is 11.7. The molecule has 0 radical (unpaired) electrons. The van der Waals surface area contributed by atoms with Crippen LogP contribution in [-0.2, 0) is 4.79 Å². The minimum Gasteiger partial charge on any atom is -0.481 e. The molecule has 2 N–H and O–H groups in total. The fraction of sp³-hybridized carbons (Fsp3) is 0.267. The van der Waals surface area contributed by atoms with Crippen LogP contribution in [0.3, 0.4) is 0 Å². The predicted molar refractivity (Wildman–Crippen MR) is 77.3 cm³/mol. The van der Waals surface area contributed by atoms with Crippen molar-refractivity contribution in [3.63, 3.8) is 0 Å². The number of carbonyl (C=O) groups is 2. The molecule has 2 rings (SSSR count). The number of amides is 1. The quantitative estimate of drug-likeness (QED) is 0.847. The van der Waals surface area contributed by atoms with Crippen molar-refractivity contribution in [1.82, 2.24) is 15.1 Å². The second-order valence-corrected chi connectivity index (χ2v) is 4.66. The molecule has 0 bridgehead atoms. The van der Waals surface area contributed by atoms with Gasteiger partial charge in [-0.05, 0) is 18.6 Å². The van der Waals surface area contributed by atoms with Gasteiger partial charge in [0.05, 0.1) is 23.4 Å². The summed E-state index contributed by atoms with van der Waals surface area (Å²) >= 11 is 0. The van der Waals surface area contributed by atoms with E-state index in [0.717, 1.165) is 5.69 Å². The number of nitrogens with zero attached hydrogens (tertiary/aromatic N) is 2. The van der Waals surface area contributed by atoms with E-state index in [4.69, 9.17) is 5.11 Å². The lowest BCUT2D eigenvalue weighted by molar-refractivity contribution is -0.141. The molecule has 1 amide bonds. The summed E-state index contributed by atoms with van der Waals surface area (Å²) in [5.41, 5.74) is 1.26. The average molecular weight is 287 g/mol. The fourth-order valence-corrected chi connectivity index (χ4v) is 1.89. The topological polar surface area (TPSA) is 84.2 Å². The minimum absolute atomic E-state index is 0.112. The number of carbonyl (C=O) groups excluding carboxylic acids is 1. The molecule has 1 aromatic heterocycles. The van der Waals surface area contributed by atoms with E-state index in [1.807, 2.05) is 30.3 Å². The smallest absolute Gasteiger partial charge is 0.308 e. The van der Waals surface area contributed by atoms with Crippen LogP contribution >= 0.6 is 0 Å². The number of hydrogen-bond acceptors (Lipinski definition) is 3. The summed E-state index contributed by atoms with van der Waals surface area (Å²) in [4.78, 5) is 22.9. The predicted octanol–water partition coefficient (Wildman–Crippen LogP) is 1.71. The van der Waals surface area contributed by atoms with Gasteiger partial charge in [-0.2, -0.15) is 5.10 Å².